The highest BCUT2D eigenvalue weighted by Gasteiger charge is 2.18. The molecule has 5 nitrogen and oxygen atoms in total. The van der Waals surface area contributed by atoms with Crippen molar-refractivity contribution in [1.82, 2.24) is 14.8 Å². The summed E-state index contributed by atoms with van der Waals surface area (Å²) in [6.07, 6.45) is 4.38. The molecule has 0 radical (unpaired) electrons. The summed E-state index contributed by atoms with van der Waals surface area (Å²) < 4.78 is 0. The van der Waals surface area contributed by atoms with E-state index in [1.165, 1.54) is 22.5 Å². The second-order valence-electron chi connectivity index (χ2n) is 7.84. The average molecular weight is 433 g/mol. The van der Waals surface area contributed by atoms with Crippen molar-refractivity contribution in [1.29, 1.82) is 0 Å². The average Bonchev–Trinajstić information content (AvgIpc) is 3.24. The molecule has 4 rings (SSSR count). The number of thiazole rings is 1. The maximum Gasteiger partial charge on any atom is 0.240 e. The van der Waals surface area contributed by atoms with Crippen molar-refractivity contribution in [2.75, 3.05) is 44.6 Å². The van der Waals surface area contributed by atoms with E-state index in [2.05, 4.69) is 87.7 Å². The molecule has 160 valence electrons. The van der Waals surface area contributed by atoms with Gasteiger partial charge in [0, 0.05) is 43.7 Å². The second-order valence-corrected chi connectivity index (χ2v) is 8.70. The smallest absolute Gasteiger partial charge is 0.240 e. The summed E-state index contributed by atoms with van der Waals surface area (Å²) in [7, 11) is 0. The lowest BCUT2D eigenvalue weighted by atomic mass is 10.1. The van der Waals surface area contributed by atoms with Crippen molar-refractivity contribution in [2.24, 2.45) is 0 Å². The molecule has 31 heavy (non-hydrogen) atoms. The minimum atomic E-state index is 0.00206. The number of piperazine rings is 1. The zero-order valence-corrected chi connectivity index (χ0v) is 18.6. The minimum Gasteiger partial charge on any atom is -0.301 e. The largest absolute Gasteiger partial charge is 0.301 e. The predicted octanol–water partition coefficient (Wildman–Crippen LogP) is 4.39. The Morgan fingerprint density at radius 2 is 1.74 bits per heavy atom. The van der Waals surface area contributed by atoms with Gasteiger partial charge in [-0.15, -0.1) is 11.3 Å². The first-order valence-corrected chi connectivity index (χ1v) is 11.5. The first kappa shape index (κ1) is 21.4. The normalized spacial score (nSPS) is 15.4. The monoisotopic (exact) mass is 432 g/mol. The SMILES string of the molecule is Cc1ccc(-c2csc(NC(=O)CN3CCN(C/C=C/c4ccccc4)CC3)n2)cc1. The molecule has 1 aliphatic heterocycles. The number of carbonyl (C=O) groups excluding carboxylic acids is 1. The summed E-state index contributed by atoms with van der Waals surface area (Å²) >= 11 is 1.47. The number of carbonyl (C=O) groups is 1. The number of hydrogen-bond donors (Lipinski definition) is 1. The topological polar surface area (TPSA) is 48.5 Å². The van der Waals surface area contributed by atoms with Gasteiger partial charge in [0.15, 0.2) is 5.13 Å². The molecule has 1 saturated heterocycles. The minimum absolute atomic E-state index is 0.00206. The molecular formula is C25H28N4OS. The fourth-order valence-electron chi connectivity index (χ4n) is 3.58. The maximum atomic E-state index is 12.5. The molecule has 1 fully saturated rings. The zero-order chi connectivity index (χ0) is 21.5. The molecule has 1 aromatic heterocycles. The van der Waals surface area contributed by atoms with Crippen LogP contribution in [0, 0.1) is 6.92 Å². The van der Waals surface area contributed by atoms with Gasteiger partial charge in [-0.25, -0.2) is 4.98 Å². The molecule has 0 saturated carbocycles. The van der Waals surface area contributed by atoms with Crippen molar-refractivity contribution in [3.63, 3.8) is 0 Å². The molecule has 2 aromatic carbocycles. The number of aromatic nitrogens is 1. The van der Waals surface area contributed by atoms with E-state index in [0.717, 1.165) is 44.0 Å². The summed E-state index contributed by atoms with van der Waals surface area (Å²) in [5, 5.41) is 5.60. The van der Waals surface area contributed by atoms with Gasteiger partial charge in [-0.1, -0.05) is 72.3 Å². The van der Waals surface area contributed by atoms with Crippen LogP contribution in [0.1, 0.15) is 11.1 Å². The van der Waals surface area contributed by atoms with Gasteiger partial charge in [-0.05, 0) is 12.5 Å². The predicted molar refractivity (Wildman–Crippen MR) is 129 cm³/mol. The third-order valence-electron chi connectivity index (χ3n) is 5.40. The highest BCUT2D eigenvalue weighted by atomic mass is 32.1. The summed E-state index contributed by atoms with van der Waals surface area (Å²) in [5.74, 6) is 0.00206. The van der Waals surface area contributed by atoms with Gasteiger partial charge in [0.2, 0.25) is 5.91 Å². The van der Waals surface area contributed by atoms with Crippen molar-refractivity contribution >= 4 is 28.5 Å². The molecule has 3 aromatic rings. The van der Waals surface area contributed by atoms with Crippen LogP contribution in [0.15, 0.2) is 66.1 Å². The molecule has 0 aliphatic carbocycles. The Labute approximate surface area is 188 Å². The standard InChI is InChI=1S/C25H28N4OS/c1-20-9-11-22(12-10-20)23-19-31-25(26-23)27-24(30)18-29-16-14-28(15-17-29)13-5-8-21-6-3-2-4-7-21/h2-12,19H,13-18H2,1H3,(H,26,27,30)/b8-5+. The lowest BCUT2D eigenvalue weighted by molar-refractivity contribution is -0.117. The number of nitrogens with one attached hydrogen (secondary N) is 1. The summed E-state index contributed by atoms with van der Waals surface area (Å²) in [5.41, 5.74) is 4.42. The van der Waals surface area contributed by atoms with Crippen LogP contribution in [0.3, 0.4) is 0 Å². The van der Waals surface area contributed by atoms with Crippen LogP contribution >= 0.6 is 11.3 Å². The van der Waals surface area contributed by atoms with E-state index in [9.17, 15) is 4.79 Å². The van der Waals surface area contributed by atoms with Crippen LogP contribution < -0.4 is 5.32 Å². The third-order valence-corrected chi connectivity index (χ3v) is 6.16. The molecule has 1 aliphatic rings. The number of nitrogens with zero attached hydrogens (tertiary/aromatic N) is 3. The van der Waals surface area contributed by atoms with Crippen LogP contribution in [0.2, 0.25) is 0 Å². The van der Waals surface area contributed by atoms with Crippen LogP contribution in [0.25, 0.3) is 17.3 Å². The number of hydrogen-bond acceptors (Lipinski definition) is 5. The number of rotatable bonds is 7. The van der Waals surface area contributed by atoms with Gasteiger partial charge >= 0.3 is 0 Å². The van der Waals surface area contributed by atoms with Gasteiger partial charge < -0.3 is 5.32 Å². The van der Waals surface area contributed by atoms with Crippen LogP contribution in [0.5, 0.6) is 0 Å². The molecule has 1 N–H and O–H groups in total. The highest BCUT2D eigenvalue weighted by Crippen LogP contribution is 2.25. The highest BCUT2D eigenvalue weighted by molar-refractivity contribution is 7.14. The quantitative estimate of drug-likeness (QED) is 0.602. The molecule has 6 heteroatoms. The van der Waals surface area contributed by atoms with Gasteiger partial charge in [0.25, 0.3) is 0 Å². The van der Waals surface area contributed by atoms with Gasteiger partial charge in [-0.2, -0.15) is 0 Å². The van der Waals surface area contributed by atoms with Crippen molar-refractivity contribution in [3.8, 4) is 11.3 Å². The van der Waals surface area contributed by atoms with Crippen molar-refractivity contribution in [2.45, 2.75) is 6.92 Å². The molecule has 0 unspecified atom stereocenters. The van der Waals surface area contributed by atoms with E-state index in [4.69, 9.17) is 0 Å². The first-order valence-electron chi connectivity index (χ1n) is 10.6. The van der Waals surface area contributed by atoms with E-state index in [-0.39, 0.29) is 5.91 Å². The second kappa shape index (κ2) is 10.5. The number of anilines is 1. The Balaban J connectivity index is 1.20. The lowest BCUT2D eigenvalue weighted by Gasteiger charge is -2.33. The number of aryl methyl sites for hydroxylation is 1. The first-order chi connectivity index (χ1) is 15.2. The Bertz CT molecular complexity index is 1010. The molecular weight excluding hydrogens is 404 g/mol. The summed E-state index contributed by atoms with van der Waals surface area (Å²) in [6.45, 7) is 7.17. The maximum absolute atomic E-state index is 12.5. The molecule has 0 spiro atoms. The number of amides is 1. The number of benzene rings is 2. The van der Waals surface area contributed by atoms with E-state index in [1.807, 2.05) is 11.4 Å². The fourth-order valence-corrected chi connectivity index (χ4v) is 4.32. The third kappa shape index (κ3) is 6.34. The van der Waals surface area contributed by atoms with Gasteiger partial charge in [-0.3, -0.25) is 14.6 Å². The van der Waals surface area contributed by atoms with E-state index < -0.39 is 0 Å². The van der Waals surface area contributed by atoms with Crippen LogP contribution in [0.4, 0.5) is 5.13 Å². The molecule has 0 bridgehead atoms. The Morgan fingerprint density at radius 3 is 2.48 bits per heavy atom. The van der Waals surface area contributed by atoms with E-state index >= 15 is 0 Å². The fraction of sp³-hybridized carbons (Fsp3) is 0.280. The molecule has 2 heterocycles. The van der Waals surface area contributed by atoms with Gasteiger partial charge in [0.05, 0.1) is 12.2 Å². The van der Waals surface area contributed by atoms with E-state index in [1.54, 1.807) is 0 Å². The van der Waals surface area contributed by atoms with E-state index in [0.29, 0.717) is 11.7 Å². The van der Waals surface area contributed by atoms with Crippen LogP contribution in [-0.4, -0.2) is 60.0 Å². The van der Waals surface area contributed by atoms with Crippen LogP contribution in [-0.2, 0) is 4.79 Å². The van der Waals surface area contributed by atoms with Crippen molar-refractivity contribution < 1.29 is 4.79 Å². The summed E-state index contributed by atoms with van der Waals surface area (Å²) in [6, 6.07) is 18.6. The summed E-state index contributed by atoms with van der Waals surface area (Å²) in [4.78, 5) is 21.7. The van der Waals surface area contributed by atoms with Gasteiger partial charge in [0.1, 0.15) is 0 Å². The molecule has 1 amide bonds. The Hall–Kier alpha value is -2.80. The Morgan fingerprint density at radius 1 is 1.03 bits per heavy atom. The molecule has 0 atom stereocenters. The lowest BCUT2D eigenvalue weighted by Crippen LogP contribution is -2.48. The van der Waals surface area contributed by atoms with Crippen molar-refractivity contribution in [3.05, 3.63) is 77.2 Å². The Kier molecular flexibility index (Phi) is 7.25. The zero-order valence-electron chi connectivity index (χ0n) is 17.8.